The van der Waals surface area contributed by atoms with Crippen LogP contribution in [0.15, 0.2) is 66.2 Å². The number of guanidine groups is 1. The van der Waals surface area contributed by atoms with Gasteiger partial charge in [0.15, 0.2) is 11.8 Å². The summed E-state index contributed by atoms with van der Waals surface area (Å²) >= 11 is 6.59. The van der Waals surface area contributed by atoms with Crippen LogP contribution in [0.25, 0.3) is 22.5 Å². The first-order chi connectivity index (χ1) is 24.0. The molecule has 0 aliphatic heterocycles. The second-order valence-electron chi connectivity index (χ2n) is 13.5. The first kappa shape index (κ1) is 37.6. The molecule has 1 aliphatic carbocycles. The van der Waals surface area contributed by atoms with Crippen molar-refractivity contribution in [3.8, 4) is 22.5 Å². The van der Waals surface area contributed by atoms with Gasteiger partial charge in [-0.1, -0.05) is 50.6 Å². The maximum atomic E-state index is 14.5. The minimum absolute atomic E-state index is 0.0205. The zero-order valence-corrected chi connectivity index (χ0v) is 29.1. The van der Waals surface area contributed by atoms with E-state index in [2.05, 4.69) is 46.3 Å². The van der Waals surface area contributed by atoms with Crippen molar-refractivity contribution in [2.24, 2.45) is 16.1 Å². The number of alkyl carbamates (subject to hydrolysis) is 1. The molecule has 0 unspecified atom stereocenters. The lowest BCUT2D eigenvalue weighted by atomic mass is 9.49. The van der Waals surface area contributed by atoms with E-state index in [-0.39, 0.29) is 40.4 Å². The summed E-state index contributed by atoms with van der Waals surface area (Å²) < 4.78 is 33.5. The van der Waals surface area contributed by atoms with Gasteiger partial charge in [0.05, 0.1) is 40.8 Å². The van der Waals surface area contributed by atoms with Crippen molar-refractivity contribution in [3.63, 3.8) is 0 Å². The van der Waals surface area contributed by atoms with Gasteiger partial charge in [0.2, 0.25) is 0 Å². The molecule has 260 valence electrons. The number of hydrogen-bond donors (Lipinski definition) is 2. The predicted octanol–water partition coefficient (Wildman–Crippen LogP) is 4.75. The number of carbonyl (C=O) groups is 2. The molecule has 1 aliphatic rings. The minimum atomic E-state index is -2.80. The Balaban J connectivity index is 1.56. The highest BCUT2D eigenvalue weighted by Crippen LogP contribution is 2.33. The fourth-order valence-corrected chi connectivity index (χ4v) is 5.13. The standard InChI is InChI=1S/C33H35B3ClF2N9O3/c1-32(2,3)12-13-41-30(40)48(28(49)20-6-4-19(5-7-20)22-15-43-46(16-22)29(38)39)26(17-51-31(50)44-23-9-10-23)21-8-11-25(37)24(14-21)27-42-18-47(45-27)33(34,35)36/h4-8,11,14-16,18,23,26,29H,9-10,12-13,17H2,1-3H3,(H2,40,41)(H,44,50)/t26-/m1/s1. The molecule has 2 aromatic heterocycles. The van der Waals surface area contributed by atoms with Crippen molar-refractivity contribution < 1.29 is 23.1 Å². The molecule has 3 N–H and O–H groups in total. The van der Waals surface area contributed by atoms with Crippen molar-refractivity contribution >= 4 is 53.1 Å². The minimum Gasteiger partial charge on any atom is -0.447 e. The zero-order valence-electron chi connectivity index (χ0n) is 28.3. The summed E-state index contributed by atoms with van der Waals surface area (Å²) in [6.45, 7) is 3.34. The quantitative estimate of drug-likeness (QED) is 0.123. The van der Waals surface area contributed by atoms with E-state index in [0.29, 0.717) is 39.9 Å². The smallest absolute Gasteiger partial charge is 0.407 e. The molecule has 1 atom stereocenters. The lowest BCUT2D eigenvalue weighted by Gasteiger charge is -2.31. The monoisotopic (exact) mass is 711 g/mol. The van der Waals surface area contributed by atoms with Crippen LogP contribution in [-0.2, 0) is 9.97 Å². The number of nitrogens with one attached hydrogen (secondary N) is 1. The molecule has 1 saturated carbocycles. The summed E-state index contributed by atoms with van der Waals surface area (Å²) in [5, 5.41) is 9.16. The number of nitrogens with zero attached hydrogens (tertiary/aromatic N) is 7. The number of amides is 2. The topological polar surface area (TPSA) is 146 Å². The number of benzene rings is 2. The van der Waals surface area contributed by atoms with Gasteiger partial charge in [0.1, 0.15) is 12.9 Å². The molecule has 18 heteroatoms. The third-order valence-electron chi connectivity index (χ3n) is 7.96. The Kier molecular flexibility index (Phi) is 11.3. The average molecular weight is 712 g/mol. The van der Waals surface area contributed by atoms with Gasteiger partial charge in [-0.15, -0.1) is 0 Å². The number of rotatable bonds is 12. The van der Waals surface area contributed by atoms with E-state index >= 15 is 0 Å². The third-order valence-corrected chi connectivity index (χ3v) is 8.29. The van der Waals surface area contributed by atoms with E-state index in [1.807, 2.05) is 0 Å². The molecular formula is C33H35B3ClF2N9O3. The molecule has 0 spiro atoms. The summed E-state index contributed by atoms with van der Waals surface area (Å²) in [5.74, 6) is -0.564. The molecule has 12 nitrogen and oxygen atoms in total. The van der Waals surface area contributed by atoms with Gasteiger partial charge in [-0.25, -0.2) is 14.5 Å². The number of hydrogen-bond acceptors (Lipinski definition) is 7. The van der Waals surface area contributed by atoms with Crippen LogP contribution < -0.4 is 11.1 Å². The van der Waals surface area contributed by atoms with E-state index in [1.165, 1.54) is 35.8 Å². The number of aromatic nitrogens is 5. The highest BCUT2D eigenvalue weighted by molar-refractivity contribution is 6.56. The molecule has 4 aromatic rings. The molecule has 5 rings (SSSR count). The SMILES string of the molecule is [B]C([B])([B])n1cnc(-c2cc([C@@H](COC(=O)NC3CC3)N(C(=O)c3ccc(-c4cnn(C(F)F)c4)cc3)C(N)=NCCC(C)(C)C)ccc2Cl)n1. The molecule has 0 saturated heterocycles. The Hall–Kier alpha value is -4.66. The fraction of sp³-hybridized carbons (Fsp3) is 0.394. The van der Waals surface area contributed by atoms with Crippen molar-refractivity contribution in [3.05, 3.63) is 77.3 Å². The Labute approximate surface area is 303 Å². The molecule has 51 heavy (non-hydrogen) atoms. The van der Waals surface area contributed by atoms with Gasteiger partial charge in [0.25, 0.3) is 5.91 Å². The number of alkyl halides is 2. The maximum Gasteiger partial charge on any atom is 0.407 e. The van der Waals surface area contributed by atoms with Crippen LogP contribution in [0.4, 0.5) is 13.6 Å². The van der Waals surface area contributed by atoms with Crippen LogP contribution in [0.5, 0.6) is 0 Å². The third kappa shape index (κ3) is 9.78. The molecule has 1 fully saturated rings. The number of ether oxygens (including phenoxy) is 1. The van der Waals surface area contributed by atoms with E-state index in [4.69, 9.17) is 45.6 Å². The van der Waals surface area contributed by atoms with Crippen LogP contribution in [-0.4, -0.2) is 90.1 Å². The van der Waals surface area contributed by atoms with Gasteiger partial charge in [0, 0.05) is 35.5 Å². The largest absolute Gasteiger partial charge is 0.447 e. The predicted molar refractivity (Wildman–Crippen MR) is 192 cm³/mol. The van der Waals surface area contributed by atoms with E-state index < -0.39 is 29.8 Å². The first-order valence-corrected chi connectivity index (χ1v) is 16.5. The van der Waals surface area contributed by atoms with Gasteiger partial charge >= 0.3 is 12.6 Å². The highest BCUT2D eigenvalue weighted by Gasteiger charge is 2.33. The van der Waals surface area contributed by atoms with Crippen LogP contribution in [0, 0.1) is 5.41 Å². The van der Waals surface area contributed by atoms with Gasteiger partial charge in [-0.2, -0.15) is 19.0 Å². The van der Waals surface area contributed by atoms with Crippen LogP contribution >= 0.6 is 11.6 Å². The number of aliphatic imine (C=N–C) groups is 1. The van der Waals surface area contributed by atoms with Crippen LogP contribution in [0.2, 0.25) is 5.02 Å². The molecule has 2 heterocycles. The first-order valence-electron chi connectivity index (χ1n) is 16.1. The Bertz CT molecular complexity index is 1890. The van der Waals surface area contributed by atoms with Crippen molar-refractivity contribution in [1.82, 2.24) is 34.8 Å². The van der Waals surface area contributed by atoms with Crippen LogP contribution in [0.3, 0.4) is 0 Å². The van der Waals surface area contributed by atoms with Gasteiger partial charge in [-0.05, 0) is 65.3 Å². The second kappa shape index (κ2) is 15.3. The van der Waals surface area contributed by atoms with Crippen molar-refractivity contribution in [2.75, 3.05) is 13.2 Å². The van der Waals surface area contributed by atoms with Crippen LogP contribution in [0.1, 0.15) is 68.5 Å². The molecular weight excluding hydrogens is 676 g/mol. The average Bonchev–Trinajstić information content (AvgIpc) is 3.50. The summed E-state index contributed by atoms with van der Waals surface area (Å²) in [7, 11) is 17.3. The number of carbonyl (C=O) groups excluding carboxylic acids is 2. The van der Waals surface area contributed by atoms with Gasteiger partial charge < -0.3 is 15.8 Å². The lowest BCUT2D eigenvalue weighted by Crippen LogP contribution is -2.46. The molecule has 2 aromatic carbocycles. The summed E-state index contributed by atoms with van der Waals surface area (Å²) in [6.07, 6.45) is 5.44. The summed E-state index contributed by atoms with van der Waals surface area (Å²) in [5.41, 5.74) is 8.52. The molecule has 6 radical (unpaired) electrons. The van der Waals surface area contributed by atoms with E-state index in [0.717, 1.165) is 17.5 Å². The highest BCUT2D eigenvalue weighted by atomic mass is 35.5. The Morgan fingerprint density at radius 2 is 1.84 bits per heavy atom. The normalized spacial score (nSPS) is 14.4. The van der Waals surface area contributed by atoms with E-state index in [9.17, 15) is 18.4 Å². The summed E-state index contributed by atoms with van der Waals surface area (Å²) in [4.78, 5) is 37.3. The number of halogens is 3. The fourth-order valence-electron chi connectivity index (χ4n) is 4.93. The summed E-state index contributed by atoms with van der Waals surface area (Å²) in [6, 6.07) is 10.1. The Morgan fingerprint density at radius 1 is 1.14 bits per heavy atom. The Morgan fingerprint density at radius 3 is 2.43 bits per heavy atom. The lowest BCUT2D eigenvalue weighted by molar-refractivity contribution is 0.0566. The van der Waals surface area contributed by atoms with Crippen molar-refractivity contribution in [1.29, 1.82) is 0 Å². The number of nitrogens with two attached hydrogens (primary N) is 1. The van der Waals surface area contributed by atoms with Crippen molar-refractivity contribution in [2.45, 2.75) is 63.9 Å². The van der Waals surface area contributed by atoms with E-state index in [1.54, 1.807) is 30.3 Å². The molecule has 2 amide bonds. The molecule has 0 bridgehead atoms. The maximum absolute atomic E-state index is 14.5. The van der Waals surface area contributed by atoms with Gasteiger partial charge in [-0.3, -0.25) is 19.4 Å². The second-order valence-corrected chi connectivity index (χ2v) is 13.9. The zero-order chi connectivity index (χ0) is 37.1.